The van der Waals surface area contributed by atoms with Gasteiger partial charge >= 0.3 is 6.03 Å². The molecule has 4 heteroatoms. The molecule has 1 fully saturated rings. The topological polar surface area (TPSA) is 41.6 Å². The van der Waals surface area contributed by atoms with Crippen LogP contribution < -0.4 is 5.32 Å². The standard InChI is InChI=1S/C14H20N2O2/c1-11-5-3-4-6-13(11)15-14(17)16(2)9-12-7-8-18-10-12/h3-6,12H,7-10H2,1-2H3,(H,15,17). The van der Waals surface area contributed by atoms with Crippen molar-refractivity contribution in [3.05, 3.63) is 29.8 Å². The average molecular weight is 248 g/mol. The number of urea groups is 1. The van der Waals surface area contributed by atoms with E-state index in [2.05, 4.69) is 5.32 Å². The van der Waals surface area contributed by atoms with Gasteiger partial charge in [0.25, 0.3) is 0 Å². The summed E-state index contributed by atoms with van der Waals surface area (Å²) in [6, 6.07) is 7.73. The molecule has 4 nitrogen and oxygen atoms in total. The number of nitrogens with zero attached hydrogens (tertiary/aromatic N) is 1. The molecule has 1 aromatic rings. The first-order valence-corrected chi connectivity index (χ1v) is 6.32. The van der Waals surface area contributed by atoms with Crippen LogP contribution in [0.3, 0.4) is 0 Å². The van der Waals surface area contributed by atoms with E-state index in [1.165, 1.54) is 0 Å². The van der Waals surface area contributed by atoms with E-state index in [0.717, 1.165) is 37.4 Å². The summed E-state index contributed by atoms with van der Waals surface area (Å²) in [5.74, 6) is 0.470. The van der Waals surface area contributed by atoms with Crippen LogP contribution in [0.25, 0.3) is 0 Å². The molecule has 0 bridgehead atoms. The van der Waals surface area contributed by atoms with Crippen LogP contribution in [0.4, 0.5) is 10.5 Å². The first kappa shape index (κ1) is 12.9. The number of hydrogen-bond donors (Lipinski definition) is 1. The van der Waals surface area contributed by atoms with Gasteiger partial charge in [-0.3, -0.25) is 0 Å². The second kappa shape index (κ2) is 5.87. The zero-order valence-electron chi connectivity index (χ0n) is 11.0. The predicted molar refractivity (Wildman–Crippen MR) is 71.8 cm³/mol. The normalized spacial score (nSPS) is 18.7. The van der Waals surface area contributed by atoms with Crippen molar-refractivity contribution in [1.82, 2.24) is 4.90 Å². The molecule has 2 amide bonds. The van der Waals surface area contributed by atoms with Crippen LogP contribution in [-0.4, -0.2) is 37.7 Å². The Morgan fingerprint density at radius 2 is 2.28 bits per heavy atom. The first-order valence-electron chi connectivity index (χ1n) is 6.32. The third kappa shape index (κ3) is 3.23. The third-order valence-corrected chi connectivity index (χ3v) is 3.29. The van der Waals surface area contributed by atoms with Crippen molar-refractivity contribution in [2.45, 2.75) is 13.3 Å². The Bertz CT molecular complexity index is 414. The van der Waals surface area contributed by atoms with E-state index in [-0.39, 0.29) is 6.03 Å². The van der Waals surface area contributed by atoms with Gasteiger partial charge in [-0.15, -0.1) is 0 Å². The van der Waals surface area contributed by atoms with Crippen molar-refractivity contribution in [3.8, 4) is 0 Å². The molecule has 1 saturated heterocycles. The number of carbonyl (C=O) groups is 1. The van der Waals surface area contributed by atoms with E-state index < -0.39 is 0 Å². The Balaban J connectivity index is 1.89. The third-order valence-electron chi connectivity index (χ3n) is 3.29. The van der Waals surface area contributed by atoms with Crippen molar-refractivity contribution < 1.29 is 9.53 Å². The lowest BCUT2D eigenvalue weighted by Gasteiger charge is -2.21. The lowest BCUT2D eigenvalue weighted by atomic mass is 10.1. The number of ether oxygens (including phenoxy) is 1. The maximum Gasteiger partial charge on any atom is 0.321 e. The van der Waals surface area contributed by atoms with E-state index in [4.69, 9.17) is 4.74 Å². The van der Waals surface area contributed by atoms with E-state index in [1.807, 2.05) is 38.2 Å². The summed E-state index contributed by atoms with van der Waals surface area (Å²) in [5, 5.41) is 2.93. The molecular weight excluding hydrogens is 228 g/mol. The molecule has 1 unspecified atom stereocenters. The Labute approximate surface area is 108 Å². The fourth-order valence-electron chi connectivity index (χ4n) is 2.12. The van der Waals surface area contributed by atoms with Crippen molar-refractivity contribution in [1.29, 1.82) is 0 Å². The van der Waals surface area contributed by atoms with Gasteiger partial charge in [-0.1, -0.05) is 18.2 Å². The van der Waals surface area contributed by atoms with E-state index in [1.54, 1.807) is 4.90 Å². The quantitative estimate of drug-likeness (QED) is 0.893. The molecule has 1 N–H and O–H groups in total. The van der Waals surface area contributed by atoms with Gasteiger partial charge in [0.05, 0.1) is 6.61 Å². The van der Waals surface area contributed by atoms with Gasteiger partial charge in [0.2, 0.25) is 0 Å². The van der Waals surface area contributed by atoms with Crippen molar-refractivity contribution in [2.75, 3.05) is 32.1 Å². The minimum Gasteiger partial charge on any atom is -0.381 e. The monoisotopic (exact) mass is 248 g/mol. The summed E-state index contributed by atoms with van der Waals surface area (Å²) in [6.07, 6.45) is 1.04. The summed E-state index contributed by atoms with van der Waals surface area (Å²) in [6.45, 7) is 4.32. The van der Waals surface area contributed by atoms with E-state index >= 15 is 0 Å². The number of benzene rings is 1. The zero-order valence-corrected chi connectivity index (χ0v) is 11.0. The van der Waals surface area contributed by atoms with Crippen LogP contribution in [0.5, 0.6) is 0 Å². The van der Waals surface area contributed by atoms with Gasteiger partial charge in [-0.2, -0.15) is 0 Å². The van der Waals surface area contributed by atoms with Crippen LogP contribution in [0, 0.1) is 12.8 Å². The van der Waals surface area contributed by atoms with Gasteiger partial charge < -0.3 is 15.0 Å². The number of rotatable bonds is 3. The van der Waals surface area contributed by atoms with Gasteiger partial charge in [0.1, 0.15) is 0 Å². The maximum atomic E-state index is 12.0. The molecule has 2 rings (SSSR count). The summed E-state index contributed by atoms with van der Waals surface area (Å²) in [4.78, 5) is 13.8. The number of para-hydroxylation sites is 1. The van der Waals surface area contributed by atoms with Crippen LogP contribution in [-0.2, 0) is 4.74 Å². The number of aryl methyl sites for hydroxylation is 1. The van der Waals surface area contributed by atoms with Crippen molar-refractivity contribution in [3.63, 3.8) is 0 Å². The lowest BCUT2D eigenvalue weighted by molar-refractivity contribution is 0.175. The van der Waals surface area contributed by atoms with Crippen molar-refractivity contribution >= 4 is 11.7 Å². The second-order valence-electron chi connectivity index (χ2n) is 4.86. The van der Waals surface area contributed by atoms with E-state index in [9.17, 15) is 4.79 Å². The smallest absolute Gasteiger partial charge is 0.321 e. The molecular formula is C14H20N2O2. The Morgan fingerprint density at radius 1 is 1.50 bits per heavy atom. The molecule has 0 aromatic heterocycles. The minimum atomic E-state index is -0.0591. The molecule has 98 valence electrons. The number of carbonyl (C=O) groups excluding carboxylic acids is 1. The molecule has 1 aromatic carbocycles. The molecule has 0 saturated carbocycles. The molecule has 1 aliphatic heterocycles. The second-order valence-corrected chi connectivity index (χ2v) is 4.86. The summed E-state index contributed by atoms with van der Waals surface area (Å²) >= 11 is 0. The molecule has 1 heterocycles. The van der Waals surface area contributed by atoms with Crippen LogP contribution >= 0.6 is 0 Å². The van der Waals surface area contributed by atoms with Crippen LogP contribution in [0.2, 0.25) is 0 Å². The number of hydrogen-bond acceptors (Lipinski definition) is 2. The highest BCUT2D eigenvalue weighted by Gasteiger charge is 2.20. The Kier molecular flexibility index (Phi) is 4.20. The van der Waals surface area contributed by atoms with Gasteiger partial charge in [-0.25, -0.2) is 4.79 Å². The van der Waals surface area contributed by atoms with Gasteiger partial charge in [0, 0.05) is 31.8 Å². The molecule has 0 aliphatic carbocycles. The Hall–Kier alpha value is -1.55. The lowest BCUT2D eigenvalue weighted by Crippen LogP contribution is -2.35. The minimum absolute atomic E-state index is 0.0591. The molecule has 0 radical (unpaired) electrons. The highest BCUT2D eigenvalue weighted by molar-refractivity contribution is 5.89. The largest absolute Gasteiger partial charge is 0.381 e. The van der Waals surface area contributed by atoms with E-state index in [0.29, 0.717) is 5.92 Å². The average Bonchev–Trinajstić information content (AvgIpc) is 2.84. The highest BCUT2D eigenvalue weighted by atomic mass is 16.5. The maximum absolute atomic E-state index is 12.0. The van der Waals surface area contributed by atoms with Gasteiger partial charge in [-0.05, 0) is 25.0 Å². The molecule has 1 aliphatic rings. The Morgan fingerprint density at radius 3 is 2.94 bits per heavy atom. The number of amides is 2. The summed E-state index contributed by atoms with van der Waals surface area (Å²) in [7, 11) is 1.83. The summed E-state index contributed by atoms with van der Waals surface area (Å²) < 4.78 is 5.32. The van der Waals surface area contributed by atoms with Gasteiger partial charge in [0.15, 0.2) is 0 Å². The predicted octanol–water partition coefficient (Wildman–Crippen LogP) is 2.50. The van der Waals surface area contributed by atoms with Crippen LogP contribution in [0.15, 0.2) is 24.3 Å². The highest BCUT2D eigenvalue weighted by Crippen LogP contribution is 2.16. The summed E-state index contributed by atoms with van der Waals surface area (Å²) in [5.41, 5.74) is 1.94. The molecule has 18 heavy (non-hydrogen) atoms. The number of anilines is 1. The number of nitrogens with one attached hydrogen (secondary N) is 1. The molecule has 0 spiro atoms. The first-order chi connectivity index (χ1) is 8.66. The fourth-order valence-corrected chi connectivity index (χ4v) is 2.12. The SMILES string of the molecule is Cc1ccccc1NC(=O)N(C)CC1CCOC1. The van der Waals surface area contributed by atoms with Crippen molar-refractivity contribution in [2.24, 2.45) is 5.92 Å². The molecule has 1 atom stereocenters. The fraction of sp³-hybridized carbons (Fsp3) is 0.500. The van der Waals surface area contributed by atoms with Crippen LogP contribution in [0.1, 0.15) is 12.0 Å². The zero-order chi connectivity index (χ0) is 13.0.